The van der Waals surface area contributed by atoms with Crippen molar-refractivity contribution in [3.63, 3.8) is 0 Å². The van der Waals surface area contributed by atoms with Gasteiger partial charge in [-0.25, -0.2) is 0 Å². The molecule has 0 aliphatic heterocycles. The largest absolute Gasteiger partial charge is 0.573 e. The highest BCUT2D eigenvalue weighted by atomic mass is 19.4. The second-order valence-electron chi connectivity index (χ2n) is 2.49. The van der Waals surface area contributed by atoms with Crippen molar-refractivity contribution in [2.75, 3.05) is 0 Å². The lowest BCUT2D eigenvalue weighted by Crippen LogP contribution is -2.18. The first-order valence-electron chi connectivity index (χ1n) is 3.72. The van der Waals surface area contributed by atoms with Crippen LogP contribution in [0.3, 0.4) is 0 Å². The number of halogens is 3. The molecule has 0 saturated heterocycles. The molecule has 0 radical (unpaired) electrons. The van der Waals surface area contributed by atoms with Crippen LogP contribution in [-0.2, 0) is 6.61 Å². The maximum absolute atomic E-state index is 11.9. The summed E-state index contributed by atoms with van der Waals surface area (Å²) in [6, 6.07) is 2.37. The lowest BCUT2D eigenvalue weighted by molar-refractivity contribution is -0.274. The van der Waals surface area contributed by atoms with E-state index in [-0.39, 0.29) is 11.3 Å². The Hall–Kier alpha value is -1.81. The zero-order valence-corrected chi connectivity index (χ0v) is 7.25. The number of alkyl halides is 3. The van der Waals surface area contributed by atoms with Gasteiger partial charge in [-0.3, -0.25) is 4.98 Å². The summed E-state index contributed by atoms with van der Waals surface area (Å²) in [6.45, 7) is -0.528. The van der Waals surface area contributed by atoms with E-state index in [1.165, 1.54) is 6.07 Å². The van der Waals surface area contributed by atoms with Crippen LogP contribution in [0.1, 0.15) is 11.3 Å². The third-order valence-electron chi connectivity index (χ3n) is 1.43. The Balaban J connectivity index is 3.08. The lowest BCUT2D eigenvalue weighted by Gasteiger charge is -2.10. The van der Waals surface area contributed by atoms with Crippen molar-refractivity contribution < 1.29 is 23.0 Å². The van der Waals surface area contributed by atoms with E-state index < -0.39 is 18.7 Å². The maximum Gasteiger partial charge on any atom is 0.573 e. The van der Waals surface area contributed by atoms with Crippen molar-refractivity contribution in [2.24, 2.45) is 0 Å². The van der Waals surface area contributed by atoms with Gasteiger partial charge in [0.15, 0.2) is 5.75 Å². The van der Waals surface area contributed by atoms with Crippen molar-refractivity contribution in [3.05, 3.63) is 23.5 Å². The fourth-order valence-electron chi connectivity index (χ4n) is 0.857. The first-order valence-corrected chi connectivity index (χ1v) is 3.72. The molecule has 1 aromatic heterocycles. The molecule has 0 atom stereocenters. The molecule has 0 unspecified atom stereocenters. The second-order valence-corrected chi connectivity index (χ2v) is 2.49. The quantitative estimate of drug-likeness (QED) is 0.813. The third kappa shape index (κ3) is 3.11. The predicted molar refractivity (Wildman–Crippen MR) is 41.6 cm³/mol. The molecule has 0 aliphatic carbocycles. The van der Waals surface area contributed by atoms with E-state index in [0.29, 0.717) is 0 Å². The summed E-state index contributed by atoms with van der Waals surface area (Å²) in [6.07, 6.45) is -3.97. The Morgan fingerprint density at radius 2 is 2.20 bits per heavy atom. The van der Waals surface area contributed by atoms with E-state index in [1.807, 2.05) is 0 Å². The van der Waals surface area contributed by atoms with Crippen LogP contribution < -0.4 is 4.74 Å². The van der Waals surface area contributed by atoms with Gasteiger partial charge in [0.05, 0.1) is 12.3 Å². The molecule has 0 aliphatic rings. The zero-order chi connectivity index (χ0) is 11.5. The van der Waals surface area contributed by atoms with Crippen LogP contribution >= 0.6 is 0 Å². The van der Waals surface area contributed by atoms with Crippen molar-refractivity contribution >= 4 is 0 Å². The van der Waals surface area contributed by atoms with Gasteiger partial charge in [0, 0.05) is 12.3 Å². The molecule has 0 bridgehead atoms. The van der Waals surface area contributed by atoms with Gasteiger partial charge in [0.1, 0.15) is 11.6 Å². The number of hydrogen-bond acceptors (Lipinski definition) is 4. The molecule has 0 saturated carbocycles. The molecular weight excluding hydrogens is 213 g/mol. The molecule has 0 amide bonds. The summed E-state index contributed by atoms with van der Waals surface area (Å²) in [5.41, 5.74) is -0.349. The molecule has 7 heteroatoms. The Morgan fingerprint density at radius 3 is 2.67 bits per heavy atom. The van der Waals surface area contributed by atoms with E-state index in [9.17, 15) is 13.2 Å². The fourth-order valence-corrected chi connectivity index (χ4v) is 0.857. The number of ether oxygens (including phenoxy) is 1. The number of pyridine rings is 1. The first-order chi connectivity index (χ1) is 6.96. The van der Waals surface area contributed by atoms with E-state index in [1.54, 1.807) is 0 Å². The highest BCUT2D eigenvalue weighted by Crippen LogP contribution is 2.26. The number of nitrogens with zero attached hydrogens (tertiary/aromatic N) is 2. The average molecular weight is 218 g/mol. The Kier molecular flexibility index (Phi) is 3.11. The van der Waals surface area contributed by atoms with Crippen molar-refractivity contribution in [1.82, 2.24) is 4.98 Å². The molecule has 0 spiro atoms. The van der Waals surface area contributed by atoms with Crippen LogP contribution in [0.5, 0.6) is 5.75 Å². The van der Waals surface area contributed by atoms with Gasteiger partial charge in [0.2, 0.25) is 0 Å². The summed E-state index contributed by atoms with van der Waals surface area (Å²) in [5, 5.41) is 17.1. The predicted octanol–water partition coefficient (Wildman–Crippen LogP) is 1.34. The number of aliphatic hydroxyl groups is 1. The fraction of sp³-hybridized carbons (Fsp3) is 0.250. The van der Waals surface area contributed by atoms with Crippen LogP contribution in [0.25, 0.3) is 0 Å². The maximum atomic E-state index is 11.9. The van der Waals surface area contributed by atoms with E-state index >= 15 is 0 Å². The van der Waals surface area contributed by atoms with Gasteiger partial charge in [-0.2, -0.15) is 5.26 Å². The molecule has 4 nitrogen and oxygen atoms in total. The van der Waals surface area contributed by atoms with E-state index in [4.69, 9.17) is 10.4 Å². The summed E-state index contributed by atoms with van der Waals surface area (Å²) in [5.74, 6) is -0.663. The minimum atomic E-state index is -4.88. The number of aliphatic hydroxyl groups excluding tert-OH is 1. The van der Waals surface area contributed by atoms with Crippen LogP contribution in [0.2, 0.25) is 0 Å². The highest BCUT2D eigenvalue weighted by molar-refractivity contribution is 5.42. The normalized spacial score (nSPS) is 10.9. The summed E-state index contributed by atoms with van der Waals surface area (Å²) >= 11 is 0. The SMILES string of the molecule is N#Cc1cnc(CO)cc1OC(F)(F)F. The Labute approximate surface area is 82.5 Å². The van der Waals surface area contributed by atoms with Gasteiger partial charge in [-0.1, -0.05) is 0 Å². The van der Waals surface area contributed by atoms with Gasteiger partial charge in [-0.05, 0) is 0 Å². The molecule has 15 heavy (non-hydrogen) atoms. The number of rotatable bonds is 2. The molecule has 1 rings (SSSR count). The van der Waals surface area contributed by atoms with Crippen LogP contribution in [0, 0.1) is 11.3 Å². The van der Waals surface area contributed by atoms with Gasteiger partial charge < -0.3 is 9.84 Å². The summed E-state index contributed by atoms with van der Waals surface area (Å²) in [4.78, 5) is 3.54. The van der Waals surface area contributed by atoms with Crippen molar-refractivity contribution in [1.29, 1.82) is 5.26 Å². The number of hydrogen-bond donors (Lipinski definition) is 1. The van der Waals surface area contributed by atoms with Crippen molar-refractivity contribution in [3.8, 4) is 11.8 Å². The minimum absolute atomic E-state index is 0.00625. The molecule has 80 valence electrons. The number of nitriles is 1. The average Bonchev–Trinajstić information content (AvgIpc) is 2.15. The summed E-state index contributed by atoms with van der Waals surface area (Å²) in [7, 11) is 0. The standard InChI is InChI=1S/C8H5F3N2O2/c9-8(10,11)15-7-1-6(4-14)13-3-5(7)2-12/h1,3,14H,4H2. The van der Waals surface area contributed by atoms with Gasteiger partial charge >= 0.3 is 6.36 Å². The molecule has 1 aromatic rings. The molecule has 1 N–H and O–H groups in total. The highest BCUT2D eigenvalue weighted by Gasteiger charge is 2.32. The summed E-state index contributed by atoms with van der Waals surface area (Å²) < 4.78 is 39.2. The van der Waals surface area contributed by atoms with Crippen LogP contribution in [-0.4, -0.2) is 16.5 Å². The smallest absolute Gasteiger partial charge is 0.404 e. The Bertz CT molecular complexity index is 398. The molecule has 0 aromatic carbocycles. The number of aromatic nitrogens is 1. The molecule has 1 heterocycles. The van der Waals surface area contributed by atoms with E-state index in [2.05, 4.69) is 9.72 Å². The van der Waals surface area contributed by atoms with Crippen LogP contribution in [0.15, 0.2) is 12.3 Å². The zero-order valence-electron chi connectivity index (χ0n) is 7.25. The lowest BCUT2D eigenvalue weighted by atomic mass is 10.2. The third-order valence-corrected chi connectivity index (χ3v) is 1.43. The van der Waals surface area contributed by atoms with Crippen molar-refractivity contribution in [2.45, 2.75) is 13.0 Å². The first kappa shape index (κ1) is 11.3. The van der Waals surface area contributed by atoms with Gasteiger partial charge in [-0.15, -0.1) is 13.2 Å². The second kappa shape index (κ2) is 4.14. The monoisotopic (exact) mass is 218 g/mol. The molecule has 0 fully saturated rings. The molecular formula is C8H5F3N2O2. The minimum Gasteiger partial charge on any atom is -0.404 e. The van der Waals surface area contributed by atoms with Crippen LogP contribution in [0.4, 0.5) is 13.2 Å². The topological polar surface area (TPSA) is 66.1 Å². The van der Waals surface area contributed by atoms with Gasteiger partial charge in [0.25, 0.3) is 0 Å². The Morgan fingerprint density at radius 1 is 1.53 bits per heavy atom. The van der Waals surface area contributed by atoms with E-state index in [0.717, 1.165) is 12.3 Å².